The van der Waals surface area contributed by atoms with Gasteiger partial charge in [-0.25, -0.2) is 0 Å². The Morgan fingerprint density at radius 3 is 2.39 bits per heavy atom. The van der Waals surface area contributed by atoms with E-state index in [1.54, 1.807) is 18.3 Å². The molecule has 18 heavy (non-hydrogen) atoms. The van der Waals surface area contributed by atoms with Gasteiger partial charge < -0.3 is 16.6 Å². The Labute approximate surface area is 108 Å². The molecule has 0 aromatic heterocycles. The number of aliphatic imine (C=N–C) groups is 1. The Morgan fingerprint density at radius 1 is 1.11 bits per heavy atom. The molecule has 0 saturated heterocycles. The average Bonchev–Trinajstić information content (AvgIpc) is 2.37. The standard InChI is InChI=1S/C13H22N4O/c14-5-8-17(9-6-15)10-7-16-11-12-3-1-2-4-13(12)18/h1-4,11,18H,5-10,14-15H2. The number of aromatic hydroxyl groups is 1. The number of phenols is 1. The molecular formula is C13H22N4O. The summed E-state index contributed by atoms with van der Waals surface area (Å²) in [5.74, 6) is 0.252. The summed E-state index contributed by atoms with van der Waals surface area (Å²) < 4.78 is 0. The zero-order chi connectivity index (χ0) is 13.2. The van der Waals surface area contributed by atoms with Gasteiger partial charge in [0.05, 0.1) is 6.54 Å². The number of hydrogen-bond acceptors (Lipinski definition) is 5. The highest BCUT2D eigenvalue weighted by molar-refractivity contribution is 5.83. The lowest BCUT2D eigenvalue weighted by atomic mass is 10.2. The second-order valence-electron chi connectivity index (χ2n) is 4.01. The molecule has 0 spiro atoms. The lowest BCUT2D eigenvalue weighted by Crippen LogP contribution is -2.35. The lowest BCUT2D eigenvalue weighted by Gasteiger charge is -2.19. The van der Waals surface area contributed by atoms with Gasteiger partial charge in [0.15, 0.2) is 0 Å². The summed E-state index contributed by atoms with van der Waals surface area (Å²) in [6, 6.07) is 7.14. The van der Waals surface area contributed by atoms with Crippen LogP contribution >= 0.6 is 0 Å². The zero-order valence-electron chi connectivity index (χ0n) is 10.6. The molecule has 0 aliphatic rings. The minimum atomic E-state index is 0.252. The van der Waals surface area contributed by atoms with Crippen LogP contribution in [0.1, 0.15) is 5.56 Å². The molecular weight excluding hydrogens is 228 g/mol. The Balaban J connectivity index is 2.38. The van der Waals surface area contributed by atoms with Gasteiger partial charge >= 0.3 is 0 Å². The van der Waals surface area contributed by atoms with Gasteiger partial charge in [-0.2, -0.15) is 0 Å². The van der Waals surface area contributed by atoms with E-state index < -0.39 is 0 Å². The van der Waals surface area contributed by atoms with E-state index in [1.807, 2.05) is 12.1 Å². The van der Waals surface area contributed by atoms with Gasteiger partial charge in [0.25, 0.3) is 0 Å². The topological polar surface area (TPSA) is 87.9 Å². The van der Waals surface area contributed by atoms with Gasteiger partial charge in [-0.3, -0.25) is 9.89 Å². The van der Waals surface area contributed by atoms with Crippen LogP contribution in [0.2, 0.25) is 0 Å². The second kappa shape index (κ2) is 8.63. The molecule has 5 nitrogen and oxygen atoms in total. The molecule has 0 bridgehead atoms. The summed E-state index contributed by atoms with van der Waals surface area (Å²) in [6.45, 7) is 4.44. The van der Waals surface area contributed by atoms with Crippen LogP contribution < -0.4 is 11.5 Å². The molecule has 100 valence electrons. The van der Waals surface area contributed by atoms with Crippen molar-refractivity contribution in [3.05, 3.63) is 29.8 Å². The Morgan fingerprint density at radius 2 is 1.78 bits per heavy atom. The van der Waals surface area contributed by atoms with Crippen molar-refractivity contribution < 1.29 is 5.11 Å². The van der Waals surface area contributed by atoms with Crippen molar-refractivity contribution in [2.75, 3.05) is 39.3 Å². The van der Waals surface area contributed by atoms with Crippen LogP contribution in [-0.2, 0) is 0 Å². The second-order valence-corrected chi connectivity index (χ2v) is 4.01. The number of hydrogen-bond donors (Lipinski definition) is 3. The molecule has 0 amide bonds. The summed E-state index contributed by atoms with van der Waals surface area (Å²) in [5, 5.41) is 9.55. The molecule has 0 saturated carbocycles. The highest BCUT2D eigenvalue weighted by Gasteiger charge is 2.01. The first-order valence-electron chi connectivity index (χ1n) is 6.18. The van der Waals surface area contributed by atoms with Gasteiger partial charge in [0.1, 0.15) is 5.75 Å². The van der Waals surface area contributed by atoms with Crippen LogP contribution in [0, 0.1) is 0 Å². The first-order valence-corrected chi connectivity index (χ1v) is 6.18. The van der Waals surface area contributed by atoms with E-state index in [4.69, 9.17) is 11.5 Å². The molecule has 0 atom stereocenters. The predicted molar refractivity (Wildman–Crippen MR) is 75.1 cm³/mol. The summed E-state index contributed by atoms with van der Waals surface area (Å²) >= 11 is 0. The molecule has 1 aromatic carbocycles. The van der Waals surface area contributed by atoms with E-state index in [1.165, 1.54) is 0 Å². The van der Waals surface area contributed by atoms with Crippen LogP contribution in [0.25, 0.3) is 0 Å². The van der Waals surface area contributed by atoms with Gasteiger partial charge in [-0.15, -0.1) is 0 Å². The summed E-state index contributed by atoms with van der Waals surface area (Å²) in [7, 11) is 0. The van der Waals surface area contributed by atoms with E-state index in [-0.39, 0.29) is 5.75 Å². The highest BCUT2D eigenvalue weighted by atomic mass is 16.3. The van der Waals surface area contributed by atoms with Crippen molar-refractivity contribution in [1.82, 2.24) is 4.90 Å². The summed E-state index contributed by atoms with van der Waals surface area (Å²) in [6.07, 6.45) is 1.69. The zero-order valence-corrected chi connectivity index (χ0v) is 10.6. The van der Waals surface area contributed by atoms with E-state index in [0.717, 1.165) is 25.2 Å². The summed E-state index contributed by atoms with van der Waals surface area (Å²) in [4.78, 5) is 6.48. The number of nitrogens with zero attached hydrogens (tertiary/aromatic N) is 2. The number of phenolic OH excluding ortho intramolecular Hbond substituents is 1. The van der Waals surface area contributed by atoms with Crippen molar-refractivity contribution in [3.63, 3.8) is 0 Å². The van der Waals surface area contributed by atoms with Gasteiger partial charge in [0, 0.05) is 44.5 Å². The third-order valence-electron chi connectivity index (χ3n) is 2.60. The van der Waals surface area contributed by atoms with E-state index >= 15 is 0 Å². The highest BCUT2D eigenvalue weighted by Crippen LogP contribution is 2.12. The van der Waals surface area contributed by atoms with Crippen LogP contribution in [0.3, 0.4) is 0 Å². The Bertz CT molecular complexity index is 362. The first kappa shape index (κ1) is 14.6. The monoisotopic (exact) mass is 250 g/mol. The molecule has 0 aliphatic heterocycles. The molecule has 0 radical (unpaired) electrons. The largest absolute Gasteiger partial charge is 0.507 e. The maximum Gasteiger partial charge on any atom is 0.124 e. The van der Waals surface area contributed by atoms with Crippen molar-refractivity contribution in [3.8, 4) is 5.75 Å². The SMILES string of the molecule is NCCN(CCN)CCN=Cc1ccccc1O. The first-order chi connectivity index (χ1) is 8.77. The fraction of sp³-hybridized carbons (Fsp3) is 0.462. The third-order valence-corrected chi connectivity index (χ3v) is 2.60. The number of benzene rings is 1. The molecule has 1 aromatic rings. The minimum absolute atomic E-state index is 0.252. The molecule has 0 aliphatic carbocycles. The Kier molecular flexibility index (Phi) is 7.01. The Hall–Kier alpha value is -1.43. The average molecular weight is 250 g/mol. The molecule has 0 unspecified atom stereocenters. The molecule has 5 N–H and O–H groups in total. The van der Waals surface area contributed by atoms with Crippen molar-refractivity contribution in [2.24, 2.45) is 16.5 Å². The molecule has 0 fully saturated rings. The lowest BCUT2D eigenvalue weighted by molar-refractivity contribution is 0.297. The van der Waals surface area contributed by atoms with Gasteiger partial charge in [-0.1, -0.05) is 12.1 Å². The molecule has 0 heterocycles. The van der Waals surface area contributed by atoms with Gasteiger partial charge in [-0.05, 0) is 12.1 Å². The molecule has 1 rings (SSSR count). The normalized spacial score (nSPS) is 11.5. The maximum atomic E-state index is 9.55. The van der Waals surface area contributed by atoms with E-state index in [9.17, 15) is 5.11 Å². The maximum absolute atomic E-state index is 9.55. The van der Waals surface area contributed by atoms with Crippen molar-refractivity contribution >= 4 is 6.21 Å². The van der Waals surface area contributed by atoms with Crippen LogP contribution in [-0.4, -0.2) is 55.5 Å². The number of para-hydroxylation sites is 1. The predicted octanol–water partition coefficient (Wildman–Crippen LogP) is 0.0305. The third kappa shape index (κ3) is 5.27. The van der Waals surface area contributed by atoms with E-state index in [0.29, 0.717) is 19.6 Å². The fourth-order valence-corrected chi connectivity index (χ4v) is 1.66. The smallest absolute Gasteiger partial charge is 0.124 e. The minimum Gasteiger partial charge on any atom is -0.507 e. The summed E-state index contributed by atoms with van der Waals surface area (Å²) in [5.41, 5.74) is 11.8. The fourth-order valence-electron chi connectivity index (χ4n) is 1.66. The van der Waals surface area contributed by atoms with Crippen LogP contribution in [0.5, 0.6) is 5.75 Å². The van der Waals surface area contributed by atoms with Crippen molar-refractivity contribution in [1.29, 1.82) is 0 Å². The van der Waals surface area contributed by atoms with Crippen LogP contribution in [0.4, 0.5) is 0 Å². The van der Waals surface area contributed by atoms with Gasteiger partial charge in [0.2, 0.25) is 0 Å². The number of rotatable bonds is 8. The van der Waals surface area contributed by atoms with E-state index in [2.05, 4.69) is 9.89 Å². The van der Waals surface area contributed by atoms with Crippen molar-refractivity contribution in [2.45, 2.75) is 0 Å². The number of nitrogens with two attached hydrogens (primary N) is 2. The quantitative estimate of drug-likeness (QED) is 0.568. The molecule has 5 heteroatoms. The van der Waals surface area contributed by atoms with Crippen LogP contribution in [0.15, 0.2) is 29.3 Å².